The minimum Gasteiger partial charge on any atom is -0.0834 e. The second-order valence-electron chi connectivity index (χ2n) is 3.67. The summed E-state index contributed by atoms with van der Waals surface area (Å²) in [6.45, 7) is 2.05. The van der Waals surface area contributed by atoms with Gasteiger partial charge < -0.3 is 0 Å². The van der Waals surface area contributed by atoms with E-state index in [4.69, 9.17) is 11.6 Å². The second-order valence-corrected chi connectivity index (χ2v) is 4.05. The molecule has 0 amide bonds. The largest absolute Gasteiger partial charge is 0.0834 e. The van der Waals surface area contributed by atoms with Crippen molar-refractivity contribution in [1.82, 2.24) is 0 Å². The van der Waals surface area contributed by atoms with Crippen molar-refractivity contribution in [2.45, 2.75) is 6.92 Å². The van der Waals surface area contributed by atoms with Crippen molar-refractivity contribution in [3.05, 3.63) is 71.8 Å². The van der Waals surface area contributed by atoms with E-state index in [2.05, 4.69) is 12.1 Å². The number of halogens is 1. The molecular weight excluding hydrogens is 216 g/mol. The molecule has 0 nitrogen and oxygen atoms in total. The first-order valence-electron chi connectivity index (χ1n) is 5.26. The lowest BCUT2D eigenvalue weighted by molar-refractivity contribution is 1.56. The molecule has 2 rings (SSSR count). The summed E-state index contributed by atoms with van der Waals surface area (Å²) in [5.41, 5.74) is 3.33. The normalized spacial score (nSPS) is 12.1. The van der Waals surface area contributed by atoms with Crippen molar-refractivity contribution in [2.75, 3.05) is 0 Å². The highest BCUT2D eigenvalue weighted by Crippen LogP contribution is 2.28. The maximum Gasteiger partial charge on any atom is 0.0513 e. The molecule has 0 aromatic heterocycles. The van der Waals surface area contributed by atoms with Gasteiger partial charge in [0.2, 0.25) is 0 Å². The molecule has 0 spiro atoms. The summed E-state index contributed by atoms with van der Waals surface area (Å²) in [7, 11) is 0. The number of hydrogen-bond acceptors (Lipinski definition) is 0. The molecule has 0 radical (unpaired) electrons. The zero-order valence-electron chi connectivity index (χ0n) is 9.15. The Morgan fingerprint density at radius 1 is 0.750 bits per heavy atom. The topological polar surface area (TPSA) is 0 Å². The third-order valence-corrected chi connectivity index (χ3v) is 3.06. The molecule has 0 aliphatic rings. The summed E-state index contributed by atoms with van der Waals surface area (Å²) < 4.78 is 0. The average Bonchev–Trinajstić information content (AvgIpc) is 2.39. The Morgan fingerprint density at radius 2 is 1.19 bits per heavy atom. The highest BCUT2D eigenvalue weighted by atomic mass is 35.5. The van der Waals surface area contributed by atoms with Crippen LogP contribution in [0.5, 0.6) is 0 Å². The Labute approximate surface area is 101 Å². The van der Waals surface area contributed by atoms with E-state index in [9.17, 15) is 0 Å². The first-order valence-corrected chi connectivity index (χ1v) is 5.64. The van der Waals surface area contributed by atoms with Crippen molar-refractivity contribution in [3.63, 3.8) is 0 Å². The molecule has 2 aromatic rings. The fourth-order valence-corrected chi connectivity index (χ4v) is 1.85. The lowest BCUT2D eigenvalue weighted by atomic mass is 10.0. The Hall–Kier alpha value is -1.53. The summed E-state index contributed by atoms with van der Waals surface area (Å²) in [5, 5.41) is 0.812. The van der Waals surface area contributed by atoms with Crippen LogP contribution in [-0.4, -0.2) is 0 Å². The fourth-order valence-electron chi connectivity index (χ4n) is 1.62. The number of hydrogen-bond donors (Lipinski definition) is 0. The Morgan fingerprint density at radius 3 is 1.69 bits per heavy atom. The summed E-state index contributed by atoms with van der Waals surface area (Å²) in [4.78, 5) is 0. The van der Waals surface area contributed by atoms with Crippen LogP contribution in [0.15, 0.2) is 60.7 Å². The van der Waals surface area contributed by atoms with Gasteiger partial charge in [-0.25, -0.2) is 0 Å². The van der Waals surface area contributed by atoms with Crippen LogP contribution in [0, 0.1) is 0 Å². The van der Waals surface area contributed by atoms with E-state index in [1.54, 1.807) is 0 Å². The van der Waals surface area contributed by atoms with Crippen LogP contribution in [0.1, 0.15) is 18.1 Å². The van der Waals surface area contributed by atoms with Gasteiger partial charge >= 0.3 is 0 Å². The standard InChI is InChI=1S/C15H13Cl/c1-12(13-8-4-2-5-9-13)15(16)14-10-6-3-7-11-14/h2-11H,1H3. The summed E-state index contributed by atoms with van der Waals surface area (Å²) in [6.07, 6.45) is 0. The molecule has 0 aliphatic carbocycles. The lowest BCUT2D eigenvalue weighted by Gasteiger charge is -2.06. The van der Waals surface area contributed by atoms with Gasteiger partial charge in [0.15, 0.2) is 0 Å². The van der Waals surface area contributed by atoms with E-state index >= 15 is 0 Å². The first kappa shape index (κ1) is 11.0. The molecule has 0 heterocycles. The Kier molecular flexibility index (Phi) is 3.43. The van der Waals surface area contributed by atoms with Crippen molar-refractivity contribution >= 4 is 22.2 Å². The van der Waals surface area contributed by atoms with Gasteiger partial charge in [-0.1, -0.05) is 72.3 Å². The van der Waals surface area contributed by atoms with E-state index in [0.717, 1.165) is 21.7 Å². The Bertz CT molecular complexity index is 436. The van der Waals surface area contributed by atoms with Gasteiger partial charge in [0.1, 0.15) is 0 Å². The van der Waals surface area contributed by atoms with Crippen LogP contribution in [0.3, 0.4) is 0 Å². The minimum absolute atomic E-state index is 0.812. The van der Waals surface area contributed by atoms with E-state index in [0.29, 0.717) is 0 Å². The molecule has 0 saturated carbocycles. The highest BCUT2D eigenvalue weighted by molar-refractivity contribution is 6.52. The van der Waals surface area contributed by atoms with Crippen molar-refractivity contribution in [1.29, 1.82) is 0 Å². The number of allylic oxidation sites excluding steroid dienone is 1. The van der Waals surface area contributed by atoms with Gasteiger partial charge in [-0.2, -0.15) is 0 Å². The zero-order valence-corrected chi connectivity index (χ0v) is 9.91. The van der Waals surface area contributed by atoms with E-state index in [1.165, 1.54) is 0 Å². The van der Waals surface area contributed by atoms with E-state index < -0.39 is 0 Å². The van der Waals surface area contributed by atoms with Gasteiger partial charge in [-0.3, -0.25) is 0 Å². The number of rotatable bonds is 2. The quantitative estimate of drug-likeness (QED) is 0.647. The van der Waals surface area contributed by atoms with Gasteiger partial charge in [0, 0.05) is 0 Å². The van der Waals surface area contributed by atoms with E-state index in [1.807, 2.05) is 55.5 Å². The summed E-state index contributed by atoms with van der Waals surface area (Å²) in [6, 6.07) is 20.2. The minimum atomic E-state index is 0.812. The summed E-state index contributed by atoms with van der Waals surface area (Å²) >= 11 is 6.37. The monoisotopic (exact) mass is 228 g/mol. The molecule has 0 bridgehead atoms. The molecule has 16 heavy (non-hydrogen) atoms. The molecule has 1 heteroatoms. The smallest absolute Gasteiger partial charge is 0.0513 e. The van der Waals surface area contributed by atoms with Gasteiger partial charge in [0.25, 0.3) is 0 Å². The van der Waals surface area contributed by atoms with Crippen LogP contribution in [-0.2, 0) is 0 Å². The van der Waals surface area contributed by atoms with Gasteiger partial charge in [0.05, 0.1) is 5.03 Å². The third kappa shape index (κ3) is 2.34. The lowest BCUT2D eigenvalue weighted by Crippen LogP contribution is -1.83. The Balaban J connectivity index is 2.43. The van der Waals surface area contributed by atoms with Crippen LogP contribution < -0.4 is 0 Å². The zero-order chi connectivity index (χ0) is 11.4. The molecule has 0 atom stereocenters. The SMILES string of the molecule is CC(=C(Cl)c1ccccc1)c1ccccc1. The van der Waals surface area contributed by atoms with Crippen molar-refractivity contribution < 1.29 is 0 Å². The van der Waals surface area contributed by atoms with Gasteiger partial charge in [-0.15, -0.1) is 0 Å². The fraction of sp³-hybridized carbons (Fsp3) is 0.0667. The maximum absolute atomic E-state index is 6.37. The predicted molar refractivity (Wildman–Crippen MR) is 71.2 cm³/mol. The predicted octanol–water partition coefficient (Wildman–Crippen LogP) is 4.81. The molecular formula is C15H13Cl. The molecule has 0 fully saturated rings. The van der Waals surface area contributed by atoms with Crippen LogP contribution in [0.4, 0.5) is 0 Å². The van der Waals surface area contributed by atoms with Crippen LogP contribution in [0.25, 0.3) is 10.6 Å². The molecule has 0 N–H and O–H groups in total. The van der Waals surface area contributed by atoms with Crippen molar-refractivity contribution in [3.8, 4) is 0 Å². The van der Waals surface area contributed by atoms with Gasteiger partial charge in [-0.05, 0) is 23.6 Å². The van der Waals surface area contributed by atoms with Crippen LogP contribution >= 0.6 is 11.6 Å². The molecule has 0 saturated heterocycles. The molecule has 0 unspecified atom stereocenters. The maximum atomic E-state index is 6.37. The first-order chi connectivity index (χ1) is 7.79. The molecule has 2 aromatic carbocycles. The average molecular weight is 229 g/mol. The van der Waals surface area contributed by atoms with E-state index in [-0.39, 0.29) is 0 Å². The highest BCUT2D eigenvalue weighted by Gasteiger charge is 2.03. The van der Waals surface area contributed by atoms with Crippen molar-refractivity contribution in [2.24, 2.45) is 0 Å². The molecule has 0 aliphatic heterocycles. The third-order valence-electron chi connectivity index (χ3n) is 2.56. The number of benzene rings is 2. The summed E-state index contributed by atoms with van der Waals surface area (Å²) in [5.74, 6) is 0. The second kappa shape index (κ2) is 5.00. The van der Waals surface area contributed by atoms with Crippen LogP contribution in [0.2, 0.25) is 0 Å². The molecule has 80 valence electrons.